The standard InChI is InChI=1S/C16H21Br2N3/c1-3-8-19-16(7-4-12-10-20-21(2)11-12)14-6-5-13(17)9-15(14)18/h5-6,9-11,16,19H,3-4,7-8H2,1-2H3. The van der Waals surface area contributed by atoms with Gasteiger partial charge in [0.15, 0.2) is 0 Å². The van der Waals surface area contributed by atoms with Crippen molar-refractivity contribution in [3.8, 4) is 0 Å². The minimum Gasteiger partial charge on any atom is -0.310 e. The Morgan fingerprint density at radius 2 is 2.14 bits per heavy atom. The van der Waals surface area contributed by atoms with Crippen LogP contribution in [-0.4, -0.2) is 16.3 Å². The summed E-state index contributed by atoms with van der Waals surface area (Å²) in [7, 11) is 1.96. The largest absolute Gasteiger partial charge is 0.310 e. The van der Waals surface area contributed by atoms with Crippen molar-refractivity contribution >= 4 is 31.9 Å². The summed E-state index contributed by atoms with van der Waals surface area (Å²) in [6.07, 6.45) is 7.27. The lowest BCUT2D eigenvalue weighted by Crippen LogP contribution is -2.23. The molecule has 1 heterocycles. The van der Waals surface area contributed by atoms with E-state index in [0.717, 1.165) is 34.8 Å². The minimum atomic E-state index is 0.354. The molecule has 114 valence electrons. The van der Waals surface area contributed by atoms with Crippen molar-refractivity contribution in [2.45, 2.75) is 32.2 Å². The van der Waals surface area contributed by atoms with E-state index < -0.39 is 0 Å². The van der Waals surface area contributed by atoms with Gasteiger partial charge in [-0.3, -0.25) is 4.68 Å². The molecule has 5 heteroatoms. The Hall–Kier alpha value is -0.650. The van der Waals surface area contributed by atoms with Crippen molar-refractivity contribution in [1.82, 2.24) is 15.1 Å². The summed E-state index contributed by atoms with van der Waals surface area (Å²) in [5.74, 6) is 0. The summed E-state index contributed by atoms with van der Waals surface area (Å²) in [5, 5.41) is 7.89. The van der Waals surface area contributed by atoms with Crippen LogP contribution >= 0.6 is 31.9 Å². The van der Waals surface area contributed by atoms with Gasteiger partial charge in [-0.2, -0.15) is 5.10 Å². The van der Waals surface area contributed by atoms with E-state index in [2.05, 4.69) is 73.6 Å². The Morgan fingerprint density at radius 3 is 2.76 bits per heavy atom. The van der Waals surface area contributed by atoms with Gasteiger partial charge in [-0.1, -0.05) is 44.8 Å². The highest BCUT2D eigenvalue weighted by molar-refractivity contribution is 9.11. The van der Waals surface area contributed by atoms with Gasteiger partial charge >= 0.3 is 0 Å². The molecule has 0 aliphatic heterocycles. The van der Waals surface area contributed by atoms with Crippen LogP contribution in [0.1, 0.15) is 36.9 Å². The normalized spacial score (nSPS) is 12.6. The smallest absolute Gasteiger partial charge is 0.0521 e. The van der Waals surface area contributed by atoms with Gasteiger partial charge < -0.3 is 5.32 Å². The van der Waals surface area contributed by atoms with Crippen LogP contribution in [0.15, 0.2) is 39.5 Å². The Balaban J connectivity index is 2.09. The fourth-order valence-electron chi connectivity index (χ4n) is 2.38. The number of nitrogens with zero attached hydrogens (tertiary/aromatic N) is 2. The molecular formula is C16H21Br2N3. The molecule has 3 nitrogen and oxygen atoms in total. The first-order valence-corrected chi connectivity index (χ1v) is 8.84. The third kappa shape index (κ3) is 4.94. The zero-order valence-corrected chi connectivity index (χ0v) is 15.6. The molecule has 0 amide bonds. The number of hydrogen-bond donors (Lipinski definition) is 1. The third-order valence-corrected chi connectivity index (χ3v) is 4.64. The average molecular weight is 415 g/mol. The average Bonchev–Trinajstić information content (AvgIpc) is 2.86. The SMILES string of the molecule is CCCNC(CCc1cnn(C)c1)c1ccc(Br)cc1Br. The molecule has 0 saturated heterocycles. The third-order valence-electron chi connectivity index (χ3n) is 3.46. The summed E-state index contributed by atoms with van der Waals surface area (Å²) >= 11 is 7.20. The topological polar surface area (TPSA) is 29.9 Å². The molecule has 1 N–H and O–H groups in total. The maximum Gasteiger partial charge on any atom is 0.0521 e. The van der Waals surface area contributed by atoms with E-state index in [4.69, 9.17) is 0 Å². The van der Waals surface area contributed by atoms with E-state index in [1.165, 1.54) is 11.1 Å². The van der Waals surface area contributed by atoms with Crippen LogP contribution in [0, 0.1) is 0 Å². The van der Waals surface area contributed by atoms with E-state index in [0.29, 0.717) is 6.04 Å². The van der Waals surface area contributed by atoms with Crippen molar-refractivity contribution in [2.24, 2.45) is 7.05 Å². The predicted molar refractivity (Wildman–Crippen MR) is 94.4 cm³/mol. The summed E-state index contributed by atoms with van der Waals surface area (Å²) in [5.41, 5.74) is 2.60. The zero-order chi connectivity index (χ0) is 15.2. The number of aromatic nitrogens is 2. The number of nitrogens with one attached hydrogen (secondary N) is 1. The van der Waals surface area contributed by atoms with Gasteiger partial charge in [-0.15, -0.1) is 0 Å². The number of halogens is 2. The van der Waals surface area contributed by atoms with Gasteiger partial charge in [0.1, 0.15) is 0 Å². The second-order valence-electron chi connectivity index (χ2n) is 5.23. The van der Waals surface area contributed by atoms with Crippen LogP contribution in [0.25, 0.3) is 0 Å². The van der Waals surface area contributed by atoms with Crippen molar-refractivity contribution < 1.29 is 0 Å². The van der Waals surface area contributed by atoms with Gasteiger partial charge in [0.25, 0.3) is 0 Å². The van der Waals surface area contributed by atoms with Crippen molar-refractivity contribution in [3.05, 3.63) is 50.7 Å². The van der Waals surface area contributed by atoms with E-state index in [1.54, 1.807) is 0 Å². The molecule has 1 aromatic heterocycles. The first kappa shape index (κ1) is 16.7. The van der Waals surface area contributed by atoms with E-state index in [1.807, 2.05) is 17.9 Å². The summed E-state index contributed by atoms with van der Waals surface area (Å²) < 4.78 is 4.11. The van der Waals surface area contributed by atoms with Crippen molar-refractivity contribution in [1.29, 1.82) is 0 Å². The van der Waals surface area contributed by atoms with E-state index in [-0.39, 0.29) is 0 Å². The van der Waals surface area contributed by atoms with E-state index >= 15 is 0 Å². The Kier molecular flexibility index (Phi) is 6.45. The molecule has 0 aliphatic rings. The molecule has 1 atom stereocenters. The van der Waals surface area contributed by atoms with Crippen LogP contribution in [0.5, 0.6) is 0 Å². The number of rotatable bonds is 7. The maximum absolute atomic E-state index is 4.24. The summed E-state index contributed by atoms with van der Waals surface area (Å²) in [6.45, 7) is 3.22. The second kappa shape index (κ2) is 8.11. The lowest BCUT2D eigenvalue weighted by Gasteiger charge is -2.20. The van der Waals surface area contributed by atoms with Gasteiger partial charge in [-0.25, -0.2) is 0 Å². The molecule has 1 aromatic carbocycles. The van der Waals surface area contributed by atoms with Crippen LogP contribution < -0.4 is 5.32 Å². The highest BCUT2D eigenvalue weighted by atomic mass is 79.9. The molecule has 0 radical (unpaired) electrons. The fourth-order valence-corrected chi connectivity index (χ4v) is 3.71. The van der Waals surface area contributed by atoms with Gasteiger partial charge in [0, 0.05) is 28.2 Å². The monoisotopic (exact) mass is 413 g/mol. The molecule has 2 aromatic rings. The van der Waals surface area contributed by atoms with Crippen LogP contribution in [0.3, 0.4) is 0 Å². The number of benzene rings is 1. The Labute approximate surface area is 143 Å². The van der Waals surface area contributed by atoms with Gasteiger partial charge in [-0.05, 0) is 49.1 Å². The van der Waals surface area contributed by atoms with Crippen LogP contribution in [0.4, 0.5) is 0 Å². The summed E-state index contributed by atoms with van der Waals surface area (Å²) in [4.78, 5) is 0. The van der Waals surface area contributed by atoms with Crippen molar-refractivity contribution in [2.75, 3.05) is 6.54 Å². The second-order valence-corrected chi connectivity index (χ2v) is 7.00. The summed E-state index contributed by atoms with van der Waals surface area (Å²) in [6, 6.07) is 6.75. The number of hydrogen-bond acceptors (Lipinski definition) is 2. The highest BCUT2D eigenvalue weighted by Crippen LogP contribution is 2.29. The molecule has 1 unspecified atom stereocenters. The van der Waals surface area contributed by atoms with Crippen molar-refractivity contribution in [3.63, 3.8) is 0 Å². The predicted octanol–water partition coefficient (Wildman–Crippen LogP) is 4.62. The molecule has 2 rings (SSSR count). The first-order chi connectivity index (χ1) is 10.1. The molecule has 0 bridgehead atoms. The highest BCUT2D eigenvalue weighted by Gasteiger charge is 2.14. The molecular weight excluding hydrogens is 394 g/mol. The van der Waals surface area contributed by atoms with Crippen LogP contribution in [0.2, 0.25) is 0 Å². The van der Waals surface area contributed by atoms with Gasteiger partial charge in [0.2, 0.25) is 0 Å². The Bertz CT molecular complexity index is 581. The maximum atomic E-state index is 4.24. The molecule has 0 fully saturated rings. The molecule has 21 heavy (non-hydrogen) atoms. The van der Waals surface area contributed by atoms with Crippen LogP contribution in [-0.2, 0) is 13.5 Å². The lowest BCUT2D eigenvalue weighted by molar-refractivity contribution is 0.497. The first-order valence-electron chi connectivity index (χ1n) is 7.26. The minimum absolute atomic E-state index is 0.354. The van der Waals surface area contributed by atoms with Gasteiger partial charge in [0.05, 0.1) is 6.20 Å². The Morgan fingerprint density at radius 1 is 1.33 bits per heavy atom. The molecule has 0 spiro atoms. The van der Waals surface area contributed by atoms with E-state index in [9.17, 15) is 0 Å². The fraction of sp³-hybridized carbons (Fsp3) is 0.438. The molecule has 0 aliphatic carbocycles. The lowest BCUT2D eigenvalue weighted by atomic mass is 10.00. The quantitative estimate of drug-likeness (QED) is 0.716. The molecule has 0 saturated carbocycles. The zero-order valence-electron chi connectivity index (χ0n) is 12.4. The number of aryl methyl sites for hydroxylation is 2.